The number of nitrogens with one attached hydrogen (secondary N) is 3. The zero-order chi connectivity index (χ0) is 27.6. The summed E-state index contributed by atoms with van der Waals surface area (Å²) in [5.74, 6) is 1.67. The summed E-state index contributed by atoms with van der Waals surface area (Å²) in [7, 11) is 0. The number of H-pyrrole nitrogens is 1. The number of aromatic amines is 1. The molecule has 0 radical (unpaired) electrons. The van der Waals surface area contributed by atoms with E-state index >= 15 is 0 Å². The molecule has 0 saturated carbocycles. The maximum Gasteiger partial charge on any atom is 0.229 e. The van der Waals surface area contributed by atoms with Gasteiger partial charge in [-0.3, -0.25) is 9.89 Å². The molecule has 1 aliphatic heterocycles. The second-order valence-electron chi connectivity index (χ2n) is 9.93. The van der Waals surface area contributed by atoms with Gasteiger partial charge < -0.3 is 20.6 Å². The van der Waals surface area contributed by atoms with Crippen molar-refractivity contribution in [2.45, 2.75) is 39.7 Å². The van der Waals surface area contributed by atoms with Crippen LogP contribution in [0.4, 0.5) is 22.0 Å². The molecule has 5 heterocycles. The van der Waals surface area contributed by atoms with Crippen LogP contribution in [-0.2, 0) is 4.79 Å². The number of aryl methyl sites for hydroxylation is 2. The van der Waals surface area contributed by atoms with Crippen molar-refractivity contribution in [2.24, 2.45) is 5.41 Å². The van der Waals surface area contributed by atoms with Crippen LogP contribution in [0.1, 0.15) is 42.8 Å². The average Bonchev–Trinajstić information content (AvgIpc) is 3.55. The fourth-order valence-electron chi connectivity index (χ4n) is 4.61. The number of anilines is 3. The number of nitrogens with zero attached hydrogens (tertiary/aromatic N) is 7. The summed E-state index contributed by atoms with van der Waals surface area (Å²) in [5, 5.41) is 27.5. The van der Waals surface area contributed by atoms with E-state index in [0.717, 1.165) is 23.1 Å². The Balaban J connectivity index is 1.22. The lowest BCUT2D eigenvalue weighted by Crippen LogP contribution is -2.51. The Morgan fingerprint density at radius 2 is 1.97 bits per heavy atom. The van der Waals surface area contributed by atoms with Crippen LogP contribution in [0.25, 0.3) is 5.82 Å². The van der Waals surface area contributed by atoms with Crippen molar-refractivity contribution >= 4 is 23.5 Å². The standard InChI is InChI=1S/C26H31FN10O2/c1-16-10-21(32-22-11-17(2)34-35-22)33-25(30-16)36-8-6-26(15-38,7-9-36)24(39)31-18(3)19-4-5-23(28-12-19)37-14-20(27)13-29-37/h4-5,10-14,18,38H,6-9,15H2,1-3H3,(H,31,39)(H2,30,32,33,34,35)/t18-/m0/s1. The molecule has 0 bridgehead atoms. The maximum atomic E-state index is 13.4. The van der Waals surface area contributed by atoms with Gasteiger partial charge in [-0.2, -0.15) is 15.2 Å². The fourth-order valence-corrected chi connectivity index (χ4v) is 4.61. The molecule has 0 spiro atoms. The molecule has 4 aromatic heterocycles. The smallest absolute Gasteiger partial charge is 0.229 e. The van der Waals surface area contributed by atoms with Gasteiger partial charge in [0, 0.05) is 42.8 Å². The van der Waals surface area contributed by atoms with Crippen LogP contribution in [0, 0.1) is 25.1 Å². The van der Waals surface area contributed by atoms with Gasteiger partial charge in [0.05, 0.1) is 30.5 Å². The molecule has 4 aromatic rings. The first kappa shape index (κ1) is 26.2. The molecule has 1 amide bonds. The van der Waals surface area contributed by atoms with E-state index in [0.29, 0.717) is 49.3 Å². The van der Waals surface area contributed by atoms with E-state index in [1.807, 2.05) is 43.9 Å². The Morgan fingerprint density at radius 3 is 2.59 bits per heavy atom. The number of carbonyl (C=O) groups excluding carboxylic acids is 1. The topological polar surface area (TPSA) is 150 Å². The number of hydrogen-bond donors (Lipinski definition) is 4. The molecular weight excluding hydrogens is 503 g/mol. The van der Waals surface area contributed by atoms with Crippen molar-refractivity contribution in [2.75, 3.05) is 29.9 Å². The molecule has 4 N–H and O–H groups in total. The molecule has 1 aliphatic rings. The Morgan fingerprint density at radius 1 is 1.18 bits per heavy atom. The van der Waals surface area contributed by atoms with Crippen LogP contribution < -0.4 is 15.5 Å². The number of rotatable bonds is 8. The SMILES string of the molecule is Cc1cc(Nc2cc(C)[nH]n2)nc(N2CCC(CO)(C(=O)N[C@@H](C)c3ccc(-n4cc(F)cn4)nc3)CC2)n1. The predicted molar refractivity (Wildman–Crippen MR) is 142 cm³/mol. The van der Waals surface area contributed by atoms with E-state index in [2.05, 4.69) is 40.9 Å². The second kappa shape index (κ2) is 10.8. The molecule has 0 unspecified atom stereocenters. The molecule has 0 aliphatic carbocycles. The van der Waals surface area contributed by atoms with Crippen molar-refractivity contribution in [1.29, 1.82) is 0 Å². The summed E-state index contributed by atoms with van der Waals surface area (Å²) in [6.07, 6.45) is 4.87. The van der Waals surface area contributed by atoms with Gasteiger partial charge in [0.25, 0.3) is 0 Å². The summed E-state index contributed by atoms with van der Waals surface area (Å²) < 4.78 is 14.6. The molecule has 0 aromatic carbocycles. The summed E-state index contributed by atoms with van der Waals surface area (Å²) in [6.45, 7) is 6.45. The van der Waals surface area contributed by atoms with Crippen molar-refractivity contribution in [3.05, 3.63) is 65.6 Å². The molecule has 5 rings (SSSR count). The maximum absolute atomic E-state index is 13.4. The lowest BCUT2D eigenvalue weighted by atomic mass is 9.78. The first-order valence-electron chi connectivity index (χ1n) is 12.7. The zero-order valence-electron chi connectivity index (χ0n) is 22.0. The van der Waals surface area contributed by atoms with Gasteiger partial charge in [0.2, 0.25) is 11.9 Å². The number of aliphatic hydroxyl groups excluding tert-OH is 1. The number of aromatic nitrogens is 7. The minimum atomic E-state index is -0.914. The summed E-state index contributed by atoms with van der Waals surface area (Å²) >= 11 is 0. The highest BCUT2D eigenvalue weighted by Gasteiger charge is 2.42. The van der Waals surface area contributed by atoms with Crippen LogP contribution in [0.3, 0.4) is 0 Å². The van der Waals surface area contributed by atoms with Gasteiger partial charge in [-0.15, -0.1) is 0 Å². The molecular formula is C26H31FN10O2. The van der Waals surface area contributed by atoms with Crippen LogP contribution in [-0.4, -0.2) is 65.6 Å². The lowest BCUT2D eigenvalue weighted by molar-refractivity contribution is -0.135. The van der Waals surface area contributed by atoms with Crippen molar-refractivity contribution in [1.82, 2.24) is 40.2 Å². The Kier molecular flexibility index (Phi) is 7.24. The van der Waals surface area contributed by atoms with Crippen LogP contribution in [0.5, 0.6) is 0 Å². The van der Waals surface area contributed by atoms with Gasteiger partial charge in [-0.1, -0.05) is 6.07 Å². The third-order valence-corrected chi connectivity index (χ3v) is 7.00. The number of hydrogen-bond acceptors (Lipinski definition) is 9. The van der Waals surface area contributed by atoms with Crippen LogP contribution in [0.2, 0.25) is 0 Å². The van der Waals surface area contributed by atoms with Crippen molar-refractivity contribution < 1.29 is 14.3 Å². The minimum absolute atomic E-state index is 0.211. The van der Waals surface area contributed by atoms with E-state index in [4.69, 9.17) is 0 Å². The third kappa shape index (κ3) is 5.72. The highest BCUT2D eigenvalue weighted by molar-refractivity contribution is 5.83. The van der Waals surface area contributed by atoms with Gasteiger partial charge in [-0.25, -0.2) is 19.0 Å². The molecule has 1 atom stereocenters. The third-order valence-electron chi connectivity index (χ3n) is 7.00. The van der Waals surface area contributed by atoms with Crippen molar-refractivity contribution in [3.63, 3.8) is 0 Å². The Bertz CT molecular complexity index is 1440. The summed E-state index contributed by atoms with van der Waals surface area (Å²) in [4.78, 5) is 29.0. The van der Waals surface area contributed by atoms with Crippen molar-refractivity contribution in [3.8, 4) is 5.82 Å². The highest BCUT2D eigenvalue weighted by Crippen LogP contribution is 2.34. The number of aliphatic hydroxyl groups is 1. The molecule has 1 fully saturated rings. The quantitative estimate of drug-likeness (QED) is 0.268. The minimum Gasteiger partial charge on any atom is -0.395 e. The van der Waals surface area contributed by atoms with Gasteiger partial charge >= 0.3 is 0 Å². The largest absolute Gasteiger partial charge is 0.395 e. The molecule has 12 nitrogen and oxygen atoms in total. The van der Waals surface area contributed by atoms with Crippen LogP contribution >= 0.6 is 0 Å². The van der Waals surface area contributed by atoms with E-state index in [9.17, 15) is 14.3 Å². The molecule has 204 valence electrons. The fraction of sp³-hybridized carbons (Fsp3) is 0.385. The zero-order valence-corrected chi connectivity index (χ0v) is 22.0. The normalized spacial score (nSPS) is 15.7. The number of halogens is 1. The van der Waals surface area contributed by atoms with Gasteiger partial charge in [0.15, 0.2) is 17.5 Å². The monoisotopic (exact) mass is 534 g/mol. The summed E-state index contributed by atoms with van der Waals surface area (Å²) in [6, 6.07) is 6.92. The highest BCUT2D eigenvalue weighted by atomic mass is 19.1. The predicted octanol–water partition coefficient (Wildman–Crippen LogP) is 2.74. The van der Waals surface area contributed by atoms with E-state index in [-0.39, 0.29) is 18.6 Å². The van der Waals surface area contributed by atoms with E-state index < -0.39 is 11.2 Å². The van der Waals surface area contributed by atoms with Crippen LogP contribution in [0.15, 0.2) is 42.9 Å². The second-order valence-corrected chi connectivity index (χ2v) is 9.93. The molecule has 1 saturated heterocycles. The first-order chi connectivity index (χ1) is 18.7. The number of pyridine rings is 1. The Labute approximate surface area is 224 Å². The van der Waals surface area contributed by atoms with Gasteiger partial charge in [0.1, 0.15) is 5.82 Å². The number of amides is 1. The molecule has 13 heteroatoms. The van der Waals surface area contributed by atoms with E-state index in [1.54, 1.807) is 12.3 Å². The first-order valence-corrected chi connectivity index (χ1v) is 12.7. The van der Waals surface area contributed by atoms with E-state index in [1.165, 1.54) is 10.9 Å². The Hall–Kier alpha value is -4.39. The molecule has 39 heavy (non-hydrogen) atoms. The summed E-state index contributed by atoms with van der Waals surface area (Å²) in [5.41, 5.74) is 1.61. The van der Waals surface area contributed by atoms with Gasteiger partial charge in [-0.05, 0) is 45.2 Å². The number of piperidine rings is 1. The number of carbonyl (C=O) groups is 1. The average molecular weight is 535 g/mol. The lowest BCUT2D eigenvalue weighted by Gasteiger charge is -2.40.